The molecule has 0 aliphatic heterocycles. The summed E-state index contributed by atoms with van der Waals surface area (Å²) < 4.78 is 5.21. The van der Waals surface area contributed by atoms with E-state index in [0.717, 1.165) is 16.7 Å². The minimum absolute atomic E-state index is 0.382. The van der Waals surface area contributed by atoms with Crippen LogP contribution < -0.4 is 8.38 Å². The molecule has 92 valence electrons. The van der Waals surface area contributed by atoms with E-state index >= 15 is 0 Å². The number of carbonyl (C=O) groups is 2. The molecule has 1 aromatic carbocycles. The summed E-state index contributed by atoms with van der Waals surface area (Å²) in [6, 6.07) is 1.95. The Hall–Kier alpha value is -1.11. The van der Waals surface area contributed by atoms with E-state index in [4.69, 9.17) is 3.07 Å². The molecular weight excluding hydrogens is 333 g/mol. The molecule has 0 heterocycles. The van der Waals surface area contributed by atoms with Gasteiger partial charge in [-0.05, 0) is 37.5 Å². The molecule has 0 saturated heterocycles. The highest BCUT2D eigenvalue weighted by Gasteiger charge is 2.20. The van der Waals surface area contributed by atoms with Crippen molar-refractivity contribution in [3.05, 3.63) is 28.3 Å². The lowest BCUT2D eigenvalue weighted by Gasteiger charge is -2.14. The zero-order chi connectivity index (χ0) is 13.2. The van der Waals surface area contributed by atoms with Crippen molar-refractivity contribution in [3.8, 4) is 5.75 Å². The summed E-state index contributed by atoms with van der Waals surface area (Å²) in [4.78, 5) is 22.9. The van der Waals surface area contributed by atoms with Gasteiger partial charge in [-0.1, -0.05) is 6.07 Å². The number of imide groups is 1. The number of hydrogen-bond donors (Lipinski definition) is 1. The van der Waals surface area contributed by atoms with Crippen molar-refractivity contribution >= 4 is 34.8 Å². The summed E-state index contributed by atoms with van der Waals surface area (Å²) in [5.74, 6) is -0.297. The van der Waals surface area contributed by atoms with Crippen molar-refractivity contribution in [2.75, 3.05) is 0 Å². The Morgan fingerprint density at radius 3 is 2.29 bits per heavy atom. The monoisotopic (exact) mass is 347 g/mol. The van der Waals surface area contributed by atoms with Crippen LogP contribution in [-0.2, 0) is 4.79 Å². The highest BCUT2D eigenvalue weighted by molar-refractivity contribution is 14.1. The van der Waals surface area contributed by atoms with E-state index in [0.29, 0.717) is 11.3 Å². The van der Waals surface area contributed by atoms with Crippen LogP contribution in [0.4, 0.5) is 0 Å². The molecule has 0 aromatic heterocycles. The SMILES string of the molecule is CC(=O)NC(=O)c1c(C)c(C)cc(C)c1OI. The van der Waals surface area contributed by atoms with Gasteiger partial charge in [0.25, 0.3) is 5.91 Å². The van der Waals surface area contributed by atoms with E-state index in [2.05, 4.69) is 5.32 Å². The maximum Gasteiger partial charge on any atom is 0.261 e. The molecule has 0 saturated carbocycles. The van der Waals surface area contributed by atoms with Crippen molar-refractivity contribution in [1.29, 1.82) is 0 Å². The molecule has 0 radical (unpaired) electrons. The van der Waals surface area contributed by atoms with Crippen LogP contribution in [0.2, 0.25) is 0 Å². The second-order valence-corrected chi connectivity index (χ2v) is 4.37. The number of rotatable bonds is 2. The third kappa shape index (κ3) is 2.96. The number of aryl methyl sites for hydroxylation is 2. The third-order valence-corrected chi connectivity index (χ3v) is 3.02. The predicted molar refractivity (Wildman–Crippen MR) is 73.4 cm³/mol. The fourth-order valence-corrected chi connectivity index (χ4v) is 2.23. The lowest BCUT2D eigenvalue weighted by molar-refractivity contribution is -0.118. The largest absolute Gasteiger partial charge is 0.427 e. The third-order valence-electron chi connectivity index (χ3n) is 2.58. The Kier molecular flexibility index (Phi) is 4.50. The van der Waals surface area contributed by atoms with Crippen molar-refractivity contribution in [3.63, 3.8) is 0 Å². The molecule has 0 spiro atoms. The zero-order valence-corrected chi connectivity index (χ0v) is 12.3. The van der Waals surface area contributed by atoms with Crippen molar-refractivity contribution in [2.24, 2.45) is 0 Å². The van der Waals surface area contributed by atoms with Crippen LogP contribution >= 0.6 is 23.0 Å². The first kappa shape index (κ1) is 14.0. The summed E-state index contributed by atoms with van der Waals surface area (Å²) >= 11 is 1.74. The summed E-state index contributed by atoms with van der Waals surface area (Å²) in [6.07, 6.45) is 0. The van der Waals surface area contributed by atoms with Gasteiger partial charge in [-0.25, -0.2) is 0 Å². The number of hydrogen-bond acceptors (Lipinski definition) is 3. The maximum absolute atomic E-state index is 11.9. The Bertz CT molecular complexity index is 483. The van der Waals surface area contributed by atoms with E-state index in [1.54, 1.807) is 23.0 Å². The van der Waals surface area contributed by atoms with Gasteiger partial charge in [0.05, 0.1) is 5.56 Å². The van der Waals surface area contributed by atoms with Gasteiger partial charge in [0.15, 0.2) is 23.0 Å². The Balaban J connectivity index is 3.38. The highest BCUT2D eigenvalue weighted by Crippen LogP contribution is 2.30. The average molecular weight is 347 g/mol. The lowest BCUT2D eigenvalue weighted by Crippen LogP contribution is -2.29. The molecule has 2 amide bonds. The molecule has 17 heavy (non-hydrogen) atoms. The predicted octanol–water partition coefficient (Wildman–Crippen LogP) is 2.62. The molecule has 0 unspecified atom stereocenters. The number of halogens is 1. The first-order valence-corrected chi connectivity index (χ1v) is 5.97. The lowest BCUT2D eigenvalue weighted by atomic mass is 9.98. The van der Waals surface area contributed by atoms with Gasteiger partial charge < -0.3 is 3.07 Å². The summed E-state index contributed by atoms with van der Waals surface area (Å²) in [7, 11) is 0. The summed E-state index contributed by atoms with van der Waals surface area (Å²) in [5, 5.41) is 2.27. The minimum Gasteiger partial charge on any atom is -0.427 e. The van der Waals surface area contributed by atoms with Gasteiger partial charge in [0, 0.05) is 6.92 Å². The molecular formula is C12H14INO3. The van der Waals surface area contributed by atoms with Crippen LogP contribution in [0.5, 0.6) is 5.75 Å². The van der Waals surface area contributed by atoms with Crippen LogP contribution in [0.1, 0.15) is 34.0 Å². The quantitative estimate of drug-likeness (QED) is 0.837. The molecule has 4 nitrogen and oxygen atoms in total. The maximum atomic E-state index is 11.9. The van der Waals surface area contributed by atoms with E-state index in [1.807, 2.05) is 26.8 Å². The van der Waals surface area contributed by atoms with E-state index in [1.165, 1.54) is 6.92 Å². The first-order chi connectivity index (χ1) is 7.88. The Morgan fingerprint density at radius 2 is 1.82 bits per heavy atom. The van der Waals surface area contributed by atoms with Crippen LogP contribution in [0.3, 0.4) is 0 Å². The number of amides is 2. The summed E-state index contributed by atoms with van der Waals surface area (Å²) in [6.45, 7) is 6.93. The fraction of sp³-hybridized carbons (Fsp3) is 0.333. The molecule has 1 aromatic rings. The number of nitrogens with one attached hydrogen (secondary N) is 1. The molecule has 1 N–H and O–H groups in total. The van der Waals surface area contributed by atoms with Gasteiger partial charge in [0.1, 0.15) is 5.75 Å². The number of carbonyl (C=O) groups excluding carboxylic acids is 2. The molecule has 0 aliphatic carbocycles. The van der Waals surface area contributed by atoms with Gasteiger partial charge in [-0.15, -0.1) is 0 Å². The average Bonchev–Trinajstić information content (AvgIpc) is 2.21. The normalized spacial score (nSPS) is 9.94. The Labute approximate surface area is 114 Å². The van der Waals surface area contributed by atoms with E-state index < -0.39 is 5.91 Å². The van der Waals surface area contributed by atoms with Crippen LogP contribution in [0.15, 0.2) is 6.07 Å². The number of benzene rings is 1. The fourth-order valence-electron chi connectivity index (χ4n) is 1.66. The van der Waals surface area contributed by atoms with Crippen molar-refractivity contribution in [2.45, 2.75) is 27.7 Å². The minimum atomic E-state index is -0.423. The van der Waals surface area contributed by atoms with Gasteiger partial charge in [-0.2, -0.15) is 0 Å². The zero-order valence-electron chi connectivity index (χ0n) is 10.2. The molecule has 1 rings (SSSR count). The topological polar surface area (TPSA) is 55.4 Å². The molecule has 0 aliphatic rings. The van der Waals surface area contributed by atoms with Crippen LogP contribution in [0.25, 0.3) is 0 Å². The smallest absolute Gasteiger partial charge is 0.261 e. The second kappa shape index (κ2) is 5.48. The van der Waals surface area contributed by atoms with Gasteiger partial charge in [0.2, 0.25) is 5.91 Å². The Morgan fingerprint density at radius 1 is 1.24 bits per heavy atom. The molecule has 0 fully saturated rings. The van der Waals surface area contributed by atoms with E-state index in [-0.39, 0.29) is 5.91 Å². The molecule has 0 bridgehead atoms. The molecule has 0 atom stereocenters. The van der Waals surface area contributed by atoms with Gasteiger partial charge in [-0.3, -0.25) is 14.9 Å². The molecule has 5 heteroatoms. The second-order valence-electron chi connectivity index (χ2n) is 3.93. The van der Waals surface area contributed by atoms with Gasteiger partial charge >= 0.3 is 0 Å². The highest BCUT2D eigenvalue weighted by atomic mass is 127. The van der Waals surface area contributed by atoms with Crippen LogP contribution in [-0.4, -0.2) is 11.8 Å². The standard InChI is InChI=1S/C12H14INO3/c1-6-5-7(2)11(17-13)10(8(6)3)12(16)14-9(4)15/h5H,1-4H3,(H,14,15,16). The van der Waals surface area contributed by atoms with E-state index in [9.17, 15) is 9.59 Å². The van der Waals surface area contributed by atoms with Crippen molar-refractivity contribution < 1.29 is 12.7 Å². The first-order valence-electron chi connectivity index (χ1n) is 5.09. The van der Waals surface area contributed by atoms with Crippen LogP contribution in [0, 0.1) is 20.8 Å². The summed E-state index contributed by atoms with van der Waals surface area (Å²) in [5.41, 5.74) is 3.11. The van der Waals surface area contributed by atoms with Crippen molar-refractivity contribution in [1.82, 2.24) is 5.32 Å².